The molecule has 0 heterocycles. The first kappa shape index (κ1) is 14.0. The summed E-state index contributed by atoms with van der Waals surface area (Å²) in [6.07, 6.45) is 5.15. The predicted octanol–water partition coefficient (Wildman–Crippen LogP) is 1.69. The van der Waals surface area contributed by atoms with Gasteiger partial charge < -0.3 is 5.11 Å². The van der Waals surface area contributed by atoms with Crippen LogP contribution in [-0.4, -0.2) is 26.2 Å². The molecule has 2 bridgehead atoms. The van der Waals surface area contributed by atoms with E-state index in [9.17, 15) is 8.42 Å². The smallest absolute Gasteiger partial charge is 0.240 e. The molecule has 1 aromatic carbocycles. The average molecular weight is 295 g/mol. The van der Waals surface area contributed by atoms with Gasteiger partial charge in [-0.15, -0.1) is 0 Å². The van der Waals surface area contributed by atoms with Gasteiger partial charge in [0.1, 0.15) is 0 Å². The van der Waals surface area contributed by atoms with E-state index in [0.29, 0.717) is 17.2 Å². The van der Waals surface area contributed by atoms with Crippen LogP contribution in [0.3, 0.4) is 0 Å². The van der Waals surface area contributed by atoms with Gasteiger partial charge in [-0.3, -0.25) is 0 Å². The summed E-state index contributed by atoms with van der Waals surface area (Å²) in [5, 5.41) is 8.87. The fourth-order valence-corrected chi connectivity index (χ4v) is 4.94. The topological polar surface area (TPSA) is 66.4 Å². The number of hydrogen-bond donors (Lipinski definition) is 2. The summed E-state index contributed by atoms with van der Waals surface area (Å²) in [7, 11) is -3.41. The van der Waals surface area contributed by atoms with E-state index in [1.54, 1.807) is 24.3 Å². The Kier molecular flexibility index (Phi) is 3.84. The first-order valence-corrected chi connectivity index (χ1v) is 8.79. The highest BCUT2D eigenvalue weighted by Gasteiger charge is 2.41. The molecule has 3 atom stereocenters. The molecule has 2 aliphatic rings. The predicted molar refractivity (Wildman–Crippen MR) is 76.8 cm³/mol. The van der Waals surface area contributed by atoms with Crippen LogP contribution in [0.15, 0.2) is 29.2 Å². The van der Waals surface area contributed by atoms with Crippen LogP contribution in [0.5, 0.6) is 0 Å². The lowest BCUT2D eigenvalue weighted by atomic mass is 9.96. The number of fused-ring (bicyclic) bond motifs is 2. The van der Waals surface area contributed by atoms with Gasteiger partial charge in [-0.25, -0.2) is 13.1 Å². The molecule has 2 fully saturated rings. The molecule has 20 heavy (non-hydrogen) atoms. The van der Waals surface area contributed by atoms with Crippen LogP contribution in [-0.2, 0) is 16.4 Å². The van der Waals surface area contributed by atoms with Crippen LogP contribution < -0.4 is 4.72 Å². The van der Waals surface area contributed by atoms with Crippen LogP contribution in [0, 0.1) is 11.8 Å². The number of aliphatic hydroxyl groups excluding tert-OH is 1. The van der Waals surface area contributed by atoms with Crippen LogP contribution in [0.4, 0.5) is 0 Å². The number of aliphatic hydroxyl groups is 1. The van der Waals surface area contributed by atoms with Gasteiger partial charge in [0, 0.05) is 12.6 Å². The Hall–Kier alpha value is -0.910. The third-order valence-corrected chi connectivity index (χ3v) is 6.18. The highest BCUT2D eigenvalue weighted by atomic mass is 32.2. The summed E-state index contributed by atoms with van der Waals surface area (Å²) in [5.74, 6) is 1.25. The molecule has 0 spiro atoms. The van der Waals surface area contributed by atoms with Crippen molar-refractivity contribution < 1.29 is 13.5 Å². The zero-order chi connectivity index (χ0) is 14.2. The minimum Gasteiger partial charge on any atom is -0.396 e. The summed E-state index contributed by atoms with van der Waals surface area (Å²) in [5.41, 5.74) is 0.950. The summed E-state index contributed by atoms with van der Waals surface area (Å²) in [6, 6.07) is 6.91. The van der Waals surface area contributed by atoms with Crippen LogP contribution in [0.1, 0.15) is 31.2 Å². The molecule has 0 aromatic heterocycles. The van der Waals surface area contributed by atoms with E-state index in [4.69, 9.17) is 5.11 Å². The SMILES string of the molecule is O=S(=O)(NC1CC2CCC1C2)c1ccc(CCO)cc1. The fraction of sp³-hybridized carbons (Fsp3) is 0.600. The lowest BCUT2D eigenvalue weighted by Crippen LogP contribution is -2.38. The van der Waals surface area contributed by atoms with E-state index in [1.165, 1.54) is 12.8 Å². The zero-order valence-corrected chi connectivity index (χ0v) is 12.3. The number of nitrogens with one attached hydrogen (secondary N) is 1. The lowest BCUT2D eigenvalue weighted by Gasteiger charge is -2.22. The summed E-state index contributed by atoms with van der Waals surface area (Å²) >= 11 is 0. The highest BCUT2D eigenvalue weighted by molar-refractivity contribution is 7.89. The molecule has 0 radical (unpaired) electrons. The Labute approximate surface area is 120 Å². The standard InChI is InChI=1S/C15H21NO3S/c17-8-7-11-2-5-14(6-3-11)20(18,19)16-15-10-12-1-4-13(15)9-12/h2-3,5-6,12-13,15-17H,1,4,7-10H2. The van der Waals surface area contributed by atoms with Crippen LogP contribution in [0.25, 0.3) is 0 Å². The Balaban J connectivity index is 1.71. The molecule has 1 aromatic rings. The van der Waals surface area contributed by atoms with Crippen molar-refractivity contribution in [1.82, 2.24) is 4.72 Å². The Morgan fingerprint density at radius 1 is 1.15 bits per heavy atom. The minimum absolute atomic E-state index is 0.0789. The monoisotopic (exact) mass is 295 g/mol. The van der Waals surface area contributed by atoms with Crippen molar-refractivity contribution in [3.8, 4) is 0 Å². The third-order valence-electron chi connectivity index (χ3n) is 4.68. The number of hydrogen-bond acceptors (Lipinski definition) is 3. The van der Waals surface area contributed by atoms with E-state index >= 15 is 0 Å². The van der Waals surface area contributed by atoms with Crippen LogP contribution >= 0.6 is 0 Å². The molecule has 0 aliphatic heterocycles. The second-order valence-electron chi connectivity index (χ2n) is 6.02. The Morgan fingerprint density at radius 2 is 1.90 bits per heavy atom. The molecule has 4 nitrogen and oxygen atoms in total. The number of rotatable bonds is 5. The van der Waals surface area contributed by atoms with Crippen molar-refractivity contribution in [1.29, 1.82) is 0 Å². The van der Waals surface area contributed by atoms with E-state index in [-0.39, 0.29) is 12.6 Å². The maximum Gasteiger partial charge on any atom is 0.240 e. The fourth-order valence-electron chi connectivity index (χ4n) is 3.62. The van der Waals surface area contributed by atoms with Gasteiger partial charge in [-0.1, -0.05) is 18.6 Å². The normalized spacial score (nSPS) is 28.9. The maximum absolute atomic E-state index is 12.4. The van der Waals surface area contributed by atoms with Gasteiger partial charge in [-0.2, -0.15) is 0 Å². The van der Waals surface area contributed by atoms with Gasteiger partial charge in [0.05, 0.1) is 4.90 Å². The first-order chi connectivity index (χ1) is 9.58. The minimum atomic E-state index is -3.41. The van der Waals surface area contributed by atoms with Gasteiger partial charge in [-0.05, 0) is 55.2 Å². The largest absolute Gasteiger partial charge is 0.396 e. The lowest BCUT2D eigenvalue weighted by molar-refractivity contribution is 0.299. The van der Waals surface area contributed by atoms with Crippen molar-refractivity contribution in [2.75, 3.05) is 6.61 Å². The molecule has 0 saturated heterocycles. The molecule has 3 rings (SSSR count). The molecular weight excluding hydrogens is 274 g/mol. The summed E-state index contributed by atoms with van der Waals surface area (Å²) in [6.45, 7) is 0.0789. The van der Waals surface area contributed by atoms with Crippen LogP contribution in [0.2, 0.25) is 0 Å². The summed E-state index contributed by atoms with van der Waals surface area (Å²) in [4.78, 5) is 0.321. The Morgan fingerprint density at radius 3 is 2.45 bits per heavy atom. The molecular formula is C15H21NO3S. The zero-order valence-electron chi connectivity index (χ0n) is 11.5. The van der Waals surface area contributed by atoms with E-state index in [0.717, 1.165) is 24.3 Å². The molecule has 5 heteroatoms. The van der Waals surface area contributed by atoms with Crippen molar-refractivity contribution in [3.05, 3.63) is 29.8 Å². The number of sulfonamides is 1. The van der Waals surface area contributed by atoms with E-state index < -0.39 is 10.0 Å². The third kappa shape index (κ3) is 2.75. The van der Waals surface area contributed by atoms with Gasteiger partial charge in [0.15, 0.2) is 0 Å². The molecule has 3 unspecified atom stereocenters. The van der Waals surface area contributed by atoms with Crippen molar-refractivity contribution in [3.63, 3.8) is 0 Å². The van der Waals surface area contributed by atoms with Gasteiger partial charge >= 0.3 is 0 Å². The summed E-state index contributed by atoms with van der Waals surface area (Å²) < 4.78 is 27.6. The van der Waals surface area contributed by atoms with Crippen molar-refractivity contribution in [2.45, 2.75) is 43.0 Å². The highest BCUT2D eigenvalue weighted by Crippen LogP contribution is 2.44. The van der Waals surface area contributed by atoms with Crippen molar-refractivity contribution in [2.24, 2.45) is 11.8 Å². The van der Waals surface area contributed by atoms with Gasteiger partial charge in [0.2, 0.25) is 10.0 Å². The second-order valence-corrected chi connectivity index (χ2v) is 7.73. The quantitative estimate of drug-likeness (QED) is 0.868. The molecule has 0 amide bonds. The second kappa shape index (κ2) is 5.47. The Bertz CT molecular complexity index is 567. The van der Waals surface area contributed by atoms with E-state index in [1.807, 2.05) is 0 Å². The van der Waals surface area contributed by atoms with Crippen molar-refractivity contribution >= 4 is 10.0 Å². The molecule has 2 aliphatic carbocycles. The first-order valence-electron chi connectivity index (χ1n) is 7.30. The van der Waals surface area contributed by atoms with Gasteiger partial charge in [0.25, 0.3) is 0 Å². The maximum atomic E-state index is 12.4. The average Bonchev–Trinajstić information content (AvgIpc) is 3.01. The molecule has 110 valence electrons. The van der Waals surface area contributed by atoms with E-state index in [2.05, 4.69) is 4.72 Å². The molecule has 2 saturated carbocycles. The molecule has 2 N–H and O–H groups in total. The number of benzene rings is 1.